The largest absolute Gasteiger partial charge is 0.490 e. The molecule has 3 heterocycles. The fourth-order valence-corrected chi connectivity index (χ4v) is 5.72. The monoisotopic (exact) mass is 452 g/mol. The molecule has 6 heteroatoms. The Balaban J connectivity index is 1.37. The lowest BCUT2D eigenvalue weighted by Gasteiger charge is -2.28. The maximum absolute atomic E-state index is 10.8. The number of benzene rings is 2. The summed E-state index contributed by atoms with van der Waals surface area (Å²) in [7, 11) is 0. The highest BCUT2D eigenvalue weighted by atomic mass is 35.5. The molecular formula is C25H25ClN2O2S. The first-order chi connectivity index (χ1) is 15.1. The van der Waals surface area contributed by atoms with Crippen LogP contribution in [-0.4, -0.2) is 35.4 Å². The summed E-state index contributed by atoms with van der Waals surface area (Å²) in [4.78, 5) is 4.46. The van der Waals surface area contributed by atoms with Gasteiger partial charge in [-0.3, -0.25) is 0 Å². The van der Waals surface area contributed by atoms with Crippen LogP contribution in [-0.2, 0) is 0 Å². The van der Waals surface area contributed by atoms with Crippen molar-refractivity contribution in [3.63, 3.8) is 0 Å². The first-order valence-corrected chi connectivity index (χ1v) is 11.8. The summed E-state index contributed by atoms with van der Waals surface area (Å²) in [6, 6.07) is 16.4. The second-order valence-electron chi connectivity index (χ2n) is 8.09. The van der Waals surface area contributed by atoms with Gasteiger partial charge in [-0.05, 0) is 85.3 Å². The zero-order chi connectivity index (χ0) is 21.4. The van der Waals surface area contributed by atoms with Gasteiger partial charge in [0.15, 0.2) is 0 Å². The number of H-pyrrole nitrogens is 1. The second-order valence-corrected chi connectivity index (χ2v) is 9.61. The van der Waals surface area contributed by atoms with Gasteiger partial charge in [0.05, 0.1) is 6.10 Å². The lowest BCUT2D eigenvalue weighted by Crippen LogP contribution is -2.35. The zero-order valence-corrected chi connectivity index (χ0v) is 18.9. The van der Waals surface area contributed by atoms with Crippen LogP contribution in [0.15, 0.2) is 60.3 Å². The molecule has 1 aliphatic rings. The lowest BCUT2D eigenvalue weighted by atomic mass is 9.90. The summed E-state index contributed by atoms with van der Waals surface area (Å²) in [5.41, 5.74) is 3.64. The summed E-state index contributed by atoms with van der Waals surface area (Å²) >= 11 is 7.98. The van der Waals surface area contributed by atoms with Gasteiger partial charge in [0.2, 0.25) is 0 Å². The van der Waals surface area contributed by atoms with Crippen LogP contribution in [0.25, 0.3) is 26.6 Å². The number of hydrogen-bond acceptors (Lipinski definition) is 4. The van der Waals surface area contributed by atoms with Crippen LogP contribution in [0.5, 0.6) is 5.75 Å². The molecule has 160 valence electrons. The van der Waals surface area contributed by atoms with Crippen molar-refractivity contribution in [1.82, 2.24) is 10.3 Å². The summed E-state index contributed by atoms with van der Waals surface area (Å²) in [6.45, 7) is 3.37. The first kappa shape index (κ1) is 20.6. The molecule has 0 saturated heterocycles. The van der Waals surface area contributed by atoms with Crippen LogP contribution in [0, 0.1) is 0 Å². The smallest absolute Gasteiger partial charge is 0.128 e. The highest BCUT2D eigenvalue weighted by Crippen LogP contribution is 2.38. The van der Waals surface area contributed by atoms with Gasteiger partial charge in [-0.1, -0.05) is 17.7 Å². The number of rotatable bonds is 6. The zero-order valence-electron chi connectivity index (χ0n) is 17.3. The van der Waals surface area contributed by atoms with E-state index >= 15 is 0 Å². The van der Waals surface area contributed by atoms with Crippen LogP contribution in [0.2, 0.25) is 5.02 Å². The van der Waals surface area contributed by atoms with Gasteiger partial charge in [0.1, 0.15) is 12.4 Å². The molecule has 0 bridgehead atoms. The Morgan fingerprint density at radius 1 is 1.23 bits per heavy atom. The van der Waals surface area contributed by atoms with Crippen LogP contribution in [0.1, 0.15) is 24.6 Å². The number of aliphatic hydroxyl groups excluding tert-OH is 1. The predicted octanol–water partition coefficient (Wildman–Crippen LogP) is 6.00. The molecule has 2 atom stereocenters. The third-order valence-corrected chi connectivity index (χ3v) is 7.36. The van der Waals surface area contributed by atoms with E-state index in [0.717, 1.165) is 34.6 Å². The number of nitrogens with one attached hydrogen (secondary N) is 2. The number of aromatic nitrogens is 1. The van der Waals surface area contributed by atoms with E-state index in [2.05, 4.69) is 29.4 Å². The molecule has 0 amide bonds. The SMILES string of the molecule is CC1NCCC(c2cc3cc(Cl)ccc3s2)=C1C[C@H](O)COc1cccc2[nH]ccc12. The summed E-state index contributed by atoms with van der Waals surface area (Å²) in [6.07, 6.45) is 2.86. The molecule has 0 aliphatic carbocycles. The minimum Gasteiger partial charge on any atom is -0.490 e. The normalized spacial score (nSPS) is 18.1. The van der Waals surface area contributed by atoms with Gasteiger partial charge in [-0.15, -0.1) is 11.3 Å². The number of thiophene rings is 1. The number of halogens is 1. The van der Waals surface area contributed by atoms with Crippen LogP contribution in [0.4, 0.5) is 0 Å². The standard InChI is InChI=1S/C25H25ClN2O2S/c1-15-21(13-18(29)14-30-23-4-2-3-22-20(23)8-10-28-22)19(7-9-27-15)25-12-16-11-17(26)5-6-24(16)31-25/h2-6,8,10-12,15,18,27-29H,7,9,13-14H2,1H3/t15?,18-/m0/s1. The highest BCUT2D eigenvalue weighted by Gasteiger charge is 2.24. The quantitative estimate of drug-likeness (QED) is 0.336. The van der Waals surface area contributed by atoms with Crippen molar-refractivity contribution < 1.29 is 9.84 Å². The highest BCUT2D eigenvalue weighted by molar-refractivity contribution is 7.20. The average molecular weight is 453 g/mol. The van der Waals surface area contributed by atoms with Crippen molar-refractivity contribution in [2.45, 2.75) is 31.9 Å². The first-order valence-electron chi connectivity index (χ1n) is 10.6. The molecule has 4 aromatic rings. The van der Waals surface area contributed by atoms with Crippen LogP contribution >= 0.6 is 22.9 Å². The molecule has 3 N–H and O–H groups in total. The van der Waals surface area contributed by atoms with E-state index in [-0.39, 0.29) is 12.6 Å². The van der Waals surface area contributed by atoms with Crippen LogP contribution < -0.4 is 10.1 Å². The number of ether oxygens (including phenoxy) is 1. The molecule has 1 unspecified atom stereocenters. The Kier molecular flexibility index (Phi) is 5.76. The van der Waals surface area contributed by atoms with Crippen molar-refractivity contribution in [1.29, 1.82) is 0 Å². The molecule has 0 radical (unpaired) electrons. The minimum absolute atomic E-state index is 0.223. The van der Waals surface area contributed by atoms with E-state index in [0.29, 0.717) is 6.42 Å². The minimum atomic E-state index is -0.578. The summed E-state index contributed by atoms with van der Waals surface area (Å²) in [5, 5.41) is 17.3. The van der Waals surface area contributed by atoms with E-state index in [1.807, 2.05) is 42.6 Å². The van der Waals surface area contributed by atoms with Crippen molar-refractivity contribution in [3.05, 3.63) is 70.2 Å². The summed E-state index contributed by atoms with van der Waals surface area (Å²) < 4.78 is 7.23. The number of fused-ring (bicyclic) bond motifs is 2. The van der Waals surface area contributed by atoms with Crippen molar-refractivity contribution in [2.24, 2.45) is 0 Å². The van der Waals surface area contributed by atoms with Crippen molar-refractivity contribution >= 4 is 49.5 Å². The number of hydrogen-bond donors (Lipinski definition) is 3. The maximum Gasteiger partial charge on any atom is 0.128 e. The number of aliphatic hydroxyl groups is 1. The molecule has 5 rings (SSSR count). The predicted molar refractivity (Wildman–Crippen MR) is 130 cm³/mol. The van der Waals surface area contributed by atoms with Gasteiger partial charge >= 0.3 is 0 Å². The van der Waals surface area contributed by atoms with Gasteiger partial charge in [-0.25, -0.2) is 0 Å². The molecule has 31 heavy (non-hydrogen) atoms. The van der Waals surface area contributed by atoms with Gasteiger partial charge in [-0.2, -0.15) is 0 Å². The van der Waals surface area contributed by atoms with E-state index < -0.39 is 6.10 Å². The Bertz CT molecular complexity index is 1260. The van der Waals surface area contributed by atoms with E-state index in [1.54, 1.807) is 11.3 Å². The lowest BCUT2D eigenvalue weighted by molar-refractivity contribution is 0.107. The molecule has 4 nitrogen and oxygen atoms in total. The third kappa shape index (κ3) is 4.23. The van der Waals surface area contributed by atoms with Gasteiger partial charge in [0, 0.05) is 37.7 Å². The molecule has 0 saturated carbocycles. The fraction of sp³-hybridized carbons (Fsp3) is 0.280. The third-order valence-electron chi connectivity index (χ3n) is 5.95. The Morgan fingerprint density at radius 2 is 2.13 bits per heavy atom. The van der Waals surface area contributed by atoms with E-state index in [9.17, 15) is 5.11 Å². The Hall–Kier alpha value is -2.31. The molecule has 0 fully saturated rings. The molecule has 0 spiro atoms. The average Bonchev–Trinajstić information content (AvgIpc) is 3.40. The molecule has 2 aromatic carbocycles. The van der Waals surface area contributed by atoms with Gasteiger partial charge < -0.3 is 20.1 Å². The Labute approximate surface area is 190 Å². The summed E-state index contributed by atoms with van der Waals surface area (Å²) in [5.74, 6) is 0.795. The van der Waals surface area contributed by atoms with E-state index in [4.69, 9.17) is 16.3 Å². The molecular weight excluding hydrogens is 428 g/mol. The fourth-order valence-electron chi connectivity index (χ4n) is 4.38. The molecule has 1 aliphatic heterocycles. The Morgan fingerprint density at radius 3 is 3.03 bits per heavy atom. The molecule has 2 aromatic heterocycles. The number of aromatic amines is 1. The van der Waals surface area contributed by atoms with Crippen molar-refractivity contribution in [3.8, 4) is 5.75 Å². The van der Waals surface area contributed by atoms with Crippen LogP contribution in [0.3, 0.4) is 0 Å². The van der Waals surface area contributed by atoms with Gasteiger partial charge in [0.25, 0.3) is 0 Å². The van der Waals surface area contributed by atoms with Crippen molar-refractivity contribution in [2.75, 3.05) is 13.2 Å². The topological polar surface area (TPSA) is 57.3 Å². The van der Waals surface area contributed by atoms with E-state index in [1.165, 1.54) is 26.1 Å². The second kappa shape index (κ2) is 8.67. The maximum atomic E-state index is 10.8.